The quantitative estimate of drug-likeness (QED) is 0.473. The number of para-hydroxylation sites is 1. The fourth-order valence-corrected chi connectivity index (χ4v) is 3.23. The third kappa shape index (κ3) is 4.04. The van der Waals surface area contributed by atoms with Crippen LogP contribution in [-0.4, -0.2) is 5.71 Å². The Morgan fingerprint density at radius 1 is 1.04 bits per heavy atom. The summed E-state index contributed by atoms with van der Waals surface area (Å²) in [7, 11) is 0. The summed E-state index contributed by atoms with van der Waals surface area (Å²) in [6.45, 7) is 4.28. The largest absolute Gasteiger partial charge is 4.00 e. The fourth-order valence-electron chi connectivity index (χ4n) is 3.23. The van der Waals surface area contributed by atoms with E-state index in [2.05, 4.69) is 62.4 Å². The van der Waals surface area contributed by atoms with E-state index in [0.29, 0.717) is 0 Å². The Kier molecular flexibility index (Phi) is 8.47. The maximum Gasteiger partial charge on any atom is 4.00 e. The topological polar surface area (TPSA) is 12.4 Å². The van der Waals surface area contributed by atoms with Gasteiger partial charge in [-0.2, -0.15) is 6.08 Å². The van der Waals surface area contributed by atoms with Gasteiger partial charge in [0.15, 0.2) is 0 Å². The van der Waals surface area contributed by atoms with Crippen molar-refractivity contribution in [3.63, 3.8) is 0 Å². The molecule has 0 fully saturated rings. The molecule has 4 heteroatoms. The Hall–Kier alpha value is -1.21. The van der Waals surface area contributed by atoms with Crippen molar-refractivity contribution in [3.05, 3.63) is 89.0 Å². The van der Waals surface area contributed by atoms with Gasteiger partial charge in [-0.15, -0.1) is 41.3 Å². The van der Waals surface area contributed by atoms with Crippen LogP contribution >= 0.6 is 0 Å². The van der Waals surface area contributed by atoms with E-state index in [1.807, 2.05) is 18.2 Å². The molecule has 0 atom stereocenters. The molecule has 26 heavy (non-hydrogen) atoms. The molecule has 3 aliphatic rings. The van der Waals surface area contributed by atoms with Gasteiger partial charge in [0.1, 0.15) is 0 Å². The zero-order valence-corrected chi connectivity index (χ0v) is 18.6. The average Bonchev–Trinajstić information content (AvgIpc) is 3.28. The predicted octanol–water partition coefficient (Wildman–Crippen LogP) is -0.515. The average molecular weight is 458 g/mol. The summed E-state index contributed by atoms with van der Waals surface area (Å²) in [6, 6.07) is 16.0. The number of hydrogen-bond acceptors (Lipinski definition) is 1. The predicted molar refractivity (Wildman–Crippen MR) is 96.7 cm³/mol. The number of hydrogen-bond donors (Lipinski definition) is 0. The van der Waals surface area contributed by atoms with Gasteiger partial charge < -0.3 is 24.8 Å². The van der Waals surface area contributed by atoms with E-state index in [9.17, 15) is 0 Å². The number of benzene rings is 2. The molecule has 0 aromatic heterocycles. The number of allylic oxidation sites excluding steroid dienone is 6. The molecule has 1 heterocycles. The monoisotopic (exact) mass is 455 g/mol. The third-order valence-electron chi connectivity index (χ3n) is 4.32. The zero-order valence-electron chi connectivity index (χ0n) is 14.6. The van der Waals surface area contributed by atoms with Gasteiger partial charge in [0.25, 0.3) is 0 Å². The van der Waals surface area contributed by atoms with Crippen LogP contribution in [0.3, 0.4) is 0 Å². The molecule has 2 aromatic rings. The van der Waals surface area contributed by atoms with Crippen LogP contribution in [-0.2, 0) is 26.2 Å². The van der Waals surface area contributed by atoms with E-state index >= 15 is 0 Å². The minimum absolute atomic E-state index is 0. The summed E-state index contributed by atoms with van der Waals surface area (Å²) in [5, 5.41) is 0. The zero-order chi connectivity index (χ0) is 15.8. The number of halogens is 2. The Bertz CT molecular complexity index is 913. The van der Waals surface area contributed by atoms with Crippen molar-refractivity contribution >= 4 is 22.5 Å². The van der Waals surface area contributed by atoms with Gasteiger partial charge in [0, 0.05) is 5.71 Å². The van der Waals surface area contributed by atoms with Crippen LogP contribution in [0.1, 0.15) is 35.6 Å². The normalized spacial score (nSPS) is 14.0. The van der Waals surface area contributed by atoms with E-state index in [4.69, 9.17) is 4.99 Å². The fraction of sp³-hybridized carbons (Fsp3) is 0.136. The van der Waals surface area contributed by atoms with Crippen LogP contribution < -0.4 is 24.8 Å². The molecule has 0 saturated carbocycles. The summed E-state index contributed by atoms with van der Waals surface area (Å²) in [6.07, 6.45) is 10.0. The molecule has 5 rings (SSSR count). The number of nitrogens with zero attached hydrogens (tertiary/aromatic N) is 1. The van der Waals surface area contributed by atoms with Crippen molar-refractivity contribution in [1.29, 1.82) is 0 Å². The molecule has 0 unspecified atom stereocenters. The summed E-state index contributed by atoms with van der Waals surface area (Å²) in [4.78, 5) is 4.79. The van der Waals surface area contributed by atoms with Gasteiger partial charge in [-0.1, -0.05) is 37.6 Å². The van der Waals surface area contributed by atoms with E-state index < -0.39 is 0 Å². The maximum atomic E-state index is 4.79. The first-order valence-corrected chi connectivity index (χ1v) is 7.90. The first kappa shape index (κ1) is 22.8. The van der Waals surface area contributed by atoms with Gasteiger partial charge in [-0.25, -0.2) is 12.2 Å². The molecule has 0 N–H and O–H groups in total. The van der Waals surface area contributed by atoms with Gasteiger partial charge >= 0.3 is 26.2 Å². The summed E-state index contributed by atoms with van der Waals surface area (Å²) in [5.41, 5.74) is 9.75. The van der Waals surface area contributed by atoms with Gasteiger partial charge in [0.05, 0.1) is 5.69 Å². The van der Waals surface area contributed by atoms with Crippen molar-refractivity contribution in [1.82, 2.24) is 0 Å². The second-order valence-corrected chi connectivity index (χ2v) is 5.95. The molecule has 0 spiro atoms. The van der Waals surface area contributed by atoms with Crippen LogP contribution in [0.4, 0.5) is 5.69 Å². The Morgan fingerprint density at radius 3 is 2.46 bits per heavy atom. The van der Waals surface area contributed by atoms with Gasteiger partial charge in [-0.05, 0) is 17.2 Å². The summed E-state index contributed by atoms with van der Waals surface area (Å²) >= 11 is 0. The number of rotatable bonds is 0. The molecule has 1 aliphatic heterocycles. The molecule has 0 saturated heterocycles. The molecule has 128 valence electrons. The number of fused-ring (bicyclic) bond motifs is 5. The SMILES string of the molecule is CC1=C2C(=Nc3ccccc32)c2cc(C)c[c-]c21.[C-]1=CC=CC1.[Cl-].[Cl-].[Zr+4]. The van der Waals surface area contributed by atoms with E-state index in [1.54, 1.807) is 0 Å². The third-order valence-corrected chi connectivity index (χ3v) is 4.32. The Balaban J connectivity index is 0.000000372. The van der Waals surface area contributed by atoms with E-state index in [0.717, 1.165) is 17.8 Å². The minimum Gasteiger partial charge on any atom is -1.00 e. The van der Waals surface area contributed by atoms with Crippen LogP contribution in [0, 0.1) is 19.1 Å². The molecule has 0 amide bonds. The van der Waals surface area contributed by atoms with Crippen molar-refractivity contribution in [2.45, 2.75) is 20.3 Å². The molecule has 2 aliphatic carbocycles. The van der Waals surface area contributed by atoms with Crippen molar-refractivity contribution in [3.8, 4) is 0 Å². The Labute approximate surface area is 187 Å². The summed E-state index contributed by atoms with van der Waals surface area (Å²) in [5.74, 6) is 0. The molecule has 0 radical (unpaired) electrons. The van der Waals surface area contributed by atoms with Gasteiger partial charge in [-0.3, -0.25) is 11.1 Å². The van der Waals surface area contributed by atoms with E-state index in [-0.39, 0.29) is 51.0 Å². The van der Waals surface area contributed by atoms with E-state index in [1.165, 1.54) is 33.4 Å². The molecular weight excluding hydrogens is 440 g/mol. The van der Waals surface area contributed by atoms with Crippen LogP contribution in [0.5, 0.6) is 0 Å². The van der Waals surface area contributed by atoms with Crippen molar-refractivity contribution < 1.29 is 51.0 Å². The standard InChI is InChI=1S/C17H12N.C5H5.2ClH.Zr/c1-10-7-8-12-11(2)16-13-5-3-4-6-15(13)18-17(16)14(12)9-10;1-2-4-5-3-1;;;/h3-7,9H,1-2H3;1-3H,4H2;2*1H;/q2*-1;;;+4/p-2. The molecule has 2 aromatic carbocycles. The smallest absolute Gasteiger partial charge is 1.00 e. The van der Waals surface area contributed by atoms with Crippen LogP contribution in [0.2, 0.25) is 0 Å². The maximum absolute atomic E-state index is 4.79. The van der Waals surface area contributed by atoms with Crippen LogP contribution in [0.15, 0.2) is 59.6 Å². The van der Waals surface area contributed by atoms with Crippen LogP contribution in [0.25, 0.3) is 11.1 Å². The summed E-state index contributed by atoms with van der Waals surface area (Å²) < 4.78 is 0. The Morgan fingerprint density at radius 2 is 1.81 bits per heavy atom. The molecular formula is C22H17Cl2NZr. The molecule has 0 bridgehead atoms. The van der Waals surface area contributed by atoms with Crippen molar-refractivity contribution in [2.24, 2.45) is 4.99 Å². The number of aryl methyl sites for hydroxylation is 1. The number of aliphatic imine (C=N–C) groups is 1. The molecule has 1 nitrogen and oxygen atoms in total. The second kappa shape index (κ2) is 9.65. The first-order chi connectivity index (χ1) is 11.3. The van der Waals surface area contributed by atoms with Crippen molar-refractivity contribution in [2.75, 3.05) is 0 Å². The minimum atomic E-state index is 0. The first-order valence-electron chi connectivity index (χ1n) is 7.90. The van der Waals surface area contributed by atoms with Gasteiger partial charge in [0.2, 0.25) is 0 Å². The second-order valence-electron chi connectivity index (χ2n) is 5.95.